The lowest BCUT2D eigenvalue weighted by molar-refractivity contribution is -0.139. The van der Waals surface area contributed by atoms with Crippen LogP contribution >= 0.6 is 0 Å². The number of hydrogen-bond donors (Lipinski definition) is 2. The lowest BCUT2D eigenvalue weighted by Crippen LogP contribution is -2.57. The summed E-state index contributed by atoms with van der Waals surface area (Å²) in [6.45, 7) is 2.84. The van der Waals surface area contributed by atoms with E-state index >= 15 is 0 Å². The second-order valence-corrected chi connectivity index (χ2v) is 7.01. The third-order valence-electron chi connectivity index (χ3n) is 5.34. The molecule has 2 fully saturated rings. The summed E-state index contributed by atoms with van der Waals surface area (Å²) >= 11 is 0. The molecule has 0 radical (unpaired) electrons. The molecule has 1 aromatic rings. The van der Waals surface area contributed by atoms with Crippen LogP contribution in [0.5, 0.6) is 0 Å². The summed E-state index contributed by atoms with van der Waals surface area (Å²) in [5, 5.41) is 12.5. The van der Waals surface area contributed by atoms with Crippen molar-refractivity contribution < 1.29 is 18.7 Å². The Morgan fingerprint density at radius 3 is 2.29 bits per heavy atom. The van der Waals surface area contributed by atoms with Crippen LogP contribution in [0.1, 0.15) is 44.1 Å². The number of carboxylic acid groups (broad SMARTS) is 1. The second-order valence-electron chi connectivity index (χ2n) is 7.01. The van der Waals surface area contributed by atoms with Gasteiger partial charge in [0, 0.05) is 24.2 Å². The van der Waals surface area contributed by atoms with Crippen LogP contribution in [0.15, 0.2) is 18.2 Å². The van der Waals surface area contributed by atoms with E-state index in [1.165, 1.54) is 12.1 Å². The maximum atomic E-state index is 13.3. The Balaban J connectivity index is 1.40. The first-order valence-electron chi connectivity index (χ1n) is 8.62. The van der Waals surface area contributed by atoms with Gasteiger partial charge in [-0.1, -0.05) is 6.92 Å². The van der Waals surface area contributed by atoms with Crippen LogP contribution in [-0.2, 0) is 4.79 Å². The minimum atomic E-state index is -0.780. The molecule has 0 bridgehead atoms. The van der Waals surface area contributed by atoms with E-state index in [9.17, 15) is 13.6 Å². The van der Waals surface area contributed by atoms with E-state index in [0.29, 0.717) is 18.1 Å². The maximum absolute atomic E-state index is 13.3. The van der Waals surface area contributed by atoms with Gasteiger partial charge in [0.25, 0.3) is 0 Å². The fourth-order valence-corrected chi connectivity index (χ4v) is 3.87. The molecule has 2 aliphatic rings. The number of aliphatic carboxylic acids is 1. The minimum Gasteiger partial charge on any atom is -0.480 e. The third-order valence-corrected chi connectivity index (χ3v) is 5.34. The Morgan fingerprint density at radius 2 is 1.75 bits per heavy atom. The Bertz CT molecular complexity index is 578. The zero-order valence-corrected chi connectivity index (χ0v) is 13.8. The molecule has 3 rings (SSSR count). The van der Waals surface area contributed by atoms with Crippen LogP contribution < -0.4 is 5.32 Å². The number of nitrogens with one attached hydrogen (secondary N) is 1. The van der Waals surface area contributed by atoms with E-state index in [2.05, 4.69) is 5.32 Å². The average molecular weight is 338 g/mol. The standard InChI is InChI=1S/C18H24F2N2O2/c1-2-22(10-18(23)24)17-8-16(9-17)21-15-5-12(6-15)11-3-13(19)7-14(20)4-11/h3-4,7,12,15-17,21H,2,5-6,8-10H2,1H3,(H,23,24). The molecular weight excluding hydrogens is 314 g/mol. The highest BCUT2D eigenvalue weighted by Crippen LogP contribution is 2.39. The molecule has 2 aliphatic carbocycles. The first-order chi connectivity index (χ1) is 11.4. The molecule has 24 heavy (non-hydrogen) atoms. The van der Waals surface area contributed by atoms with Crippen molar-refractivity contribution >= 4 is 5.97 Å². The largest absolute Gasteiger partial charge is 0.480 e. The molecule has 0 saturated heterocycles. The molecule has 0 aliphatic heterocycles. The van der Waals surface area contributed by atoms with Crippen molar-refractivity contribution in [3.05, 3.63) is 35.4 Å². The number of nitrogens with zero attached hydrogens (tertiary/aromatic N) is 1. The Labute approximate surface area is 140 Å². The molecule has 132 valence electrons. The van der Waals surface area contributed by atoms with Gasteiger partial charge >= 0.3 is 5.97 Å². The lowest BCUT2D eigenvalue weighted by atomic mass is 9.74. The number of benzene rings is 1. The molecular formula is C18H24F2N2O2. The van der Waals surface area contributed by atoms with Crippen molar-refractivity contribution in [1.29, 1.82) is 0 Å². The second kappa shape index (κ2) is 7.15. The highest BCUT2D eigenvalue weighted by atomic mass is 19.1. The summed E-state index contributed by atoms with van der Waals surface area (Å²) < 4.78 is 26.5. The summed E-state index contributed by atoms with van der Waals surface area (Å²) in [6.07, 6.45) is 3.74. The maximum Gasteiger partial charge on any atom is 0.317 e. The molecule has 0 heterocycles. The Morgan fingerprint density at radius 1 is 1.17 bits per heavy atom. The normalized spacial score (nSPS) is 29.2. The highest BCUT2D eigenvalue weighted by molar-refractivity contribution is 5.69. The van der Waals surface area contributed by atoms with E-state index in [4.69, 9.17) is 5.11 Å². The van der Waals surface area contributed by atoms with E-state index in [1.807, 2.05) is 11.8 Å². The zero-order valence-electron chi connectivity index (χ0n) is 13.8. The predicted molar refractivity (Wildman–Crippen MR) is 86.9 cm³/mol. The average Bonchev–Trinajstić information content (AvgIpc) is 2.40. The van der Waals surface area contributed by atoms with Gasteiger partial charge in [-0.05, 0) is 55.8 Å². The molecule has 2 saturated carbocycles. The number of likely N-dealkylation sites (N-methyl/N-ethyl adjacent to an activating group) is 1. The summed E-state index contributed by atoms with van der Waals surface area (Å²) in [7, 11) is 0. The summed E-state index contributed by atoms with van der Waals surface area (Å²) in [5.41, 5.74) is 0.746. The van der Waals surface area contributed by atoms with Crippen LogP contribution in [0.3, 0.4) is 0 Å². The van der Waals surface area contributed by atoms with E-state index in [-0.39, 0.29) is 12.5 Å². The molecule has 0 atom stereocenters. The van der Waals surface area contributed by atoms with Crippen molar-refractivity contribution in [2.75, 3.05) is 13.1 Å². The van der Waals surface area contributed by atoms with Crippen molar-refractivity contribution in [3.63, 3.8) is 0 Å². The SMILES string of the molecule is CCN(CC(=O)O)C1CC(NC2CC(c3cc(F)cc(F)c3)C2)C1. The van der Waals surface area contributed by atoms with Gasteiger partial charge in [-0.3, -0.25) is 9.69 Å². The van der Waals surface area contributed by atoms with Crippen molar-refractivity contribution in [2.45, 2.75) is 56.7 Å². The predicted octanol–water partition coefficient (Wildman–Crippen LogP) is 2.74. The van der Waals surface area contributed by atoms with Crippen molar-refractivity contribution in [1.82, 2.24) is 10.2 Å². The smallest absolute Gasteiger partial charge is 0.317 e. The summed E-state index contributed by atoms with van der Waals surface area (Å²) in [6, 6.07) is 4.91. The fourth-order valence-electron chi connectivity index (χ4n) is 3.87. The number of carbonyl (C=O) groups is 1. The van der Waals surface area contributed by atoms with Gasteiger partial charge in [-0.2, -0.15) is 0 Å². The van der Waals surface area contributed by atoms with Gasteiger partial charge in [-0.15, -0.1) is 0 Å². The number of hydrogen-bond acceptors (Lipinski definition) is 3. The quantitative estimate of drug-likeness (QED) is 0.803. The van der Waals surface area contributed by atoms with E-state index < -0.39 is 17.6 Å². The third kappa shape index (κ3) is 3.92. The highest BCUT2D eigenvalue weighted by Gasteiger charge is 2.38. The number of rotatable bonds is 7. The Kier molecular flexibility index (Phi) is 5.15. The van der Waals surface area contributed by atoms with Crippen molar-refractivity contribution in [2.24, 2.45) is 0 Å². The number of carboxylic acids is 1. The van der Waals surface area contributed by atoms with Crippen LogP contribution in [0.25, 0.3) is 0 Å². The fraction of sp³-hybridized carbons (Fsp3) is 0.611. The monoisotopic (exact) mass is 338 g/mol. The Hall–Kier alpha value is -1.53. The first-order valence-corrected chi connectivity index (χ1v) is 8.62. The molecule has 0 spiro atoms. The molecule has 0 aromatic heterocycles. The van der Waals surface area contributed by atoms with Crippen LogP contribution in [-0.4, -0.2) is 47.2 Å². The van der Waals surface area contributed by atoms with Gasteiger partial charge in [0.2, 0.25) is 0 Å². The van der Waals surface area contributed by atoms with Gasteiger partial charge in [-0.25, -0.2) is 8.78 Å². The molecule has 4 nitrogen and oxygen atoms in total. The lowest BCUT2D eigenvalue weighted by Gasteiger charge is -2.46. The van der Waals surface area contributed by atoms with E-state index in [1.54, 1.807) is 0 Å². The molecule has 2 N–H and O–H groups in total. The summed E-state index contributed by atoms with van der Waals surface area (Å²) in [4.78, 5) is 12.8. The zero-order chi connectivity index (χ0) is 17.3. The topological polar surface area (TPSA) is 52.6 Å². The molecule has 1 aromatic carbocycles. The molecule has 0 amide bonds. The minimum absolute atomic E-state index is 0.102. The van der Waals surface area contributed by atoms with Crippen LogP contribution in [0, 0.1) is 11.6 Å². The van der Waals surface area contributed by atoms with Crippen LogP contribution in [0.4, 0.5) is 8.78 Å². The van der Waals surface area contributed by atoms with Crippen LogP contribution in [0.2, 0.25) is 0 Å². The van der Waals surface area contributed by atoms with Gasteiger partial charge in [0.15, 0.2) is 0 Å². The molecule has 0 unspecified atom stereocenters. The molecule has 6 heteroatoms. The van der Waals surface area contributed by atoms with Gasteiger partial charge in [0.1, 0.15) is 11.6 Å². The van der Waals surface area contributed by atoms with Gasteiger partial charge < -0.3 is 10.4 Å². The van der Waals surface area contributed by atoms with E-state index in [0.717, 1.165) is 43.9 Å². The first kappa shape index (κ1) is 17.3. The van der Waals surface area contributed by atoms with Gasteiger partial charge in [0.05, 0.1) is 6.54 Å². The number of halogens is 2. The summed E-state index contributed by atoms with van der Waals surface area (Å²) in [5.74, 6) is -1.58. The van der Waals surface area contributed by atoms with Crippen molar-refractivity contribution in [3.8, 4) is 0 Å².